The Balaban J connectivity index is 1.79. The Morgan fingerprint density at radius 3 is 2.78 bits per heavy atom. The average Bonchev–Trinajstić information content (AvgIpc) is 2.92. The van der Waals surface area contributed by atoms with Crippen molar-refractivity contribution in [3.05, 3.63) is 63.6 Å². The molecule has 27 heavy (non-hydrogen) atoms. The molecule has 0 atom stereocenters. The third kappa shape index (κ3) is 3.20. The van der Waals surface area contributed by atoms with Gasteiger partial charge in [-0.2, -0.15) is 0 Å². The number of hydrogen-bond donors (Lipinski definition) is 2. The van der Waals surface area contributed by atoms with Gasteiger partial charge in [-0.15, -0.1) is 0 Å². The van der Waals surface area contributed by atoms with Crippen molar-refractivity contribution in [2.75, 3.05) is 4.90 Å². The van der Waals surface area contributed by atoms with Crippen molar-refractivity contribution >= 4 is 72.8 Å². The Bertz CT molecular complexity index is 1150. The van der Waals surface area contributed by atoms with E-state index in [4.69, 9.17) is 12.2 Å². The number of benzene rings is 2. The number of carbonyl (C=O) groups is 1. The maximum Gasteiger partial charge on any atom is 0.270 e. The number of halogens is 1. The number of carbonyl (C=O) groups excluding carboxylic acids is 1. The van der Waals surface area contributed by atoms with E-state index in [1.807, 2.05) is 18.2 Å². The van der Waals surface area contributed by atoms with Crippen LogP contribution in [0.1, 0.15) is 5.56 Å². The van der Waals surface area contributed by atoms with Gasteiger partial charge < -0.3 is 10.2 Å². The standard InChI is InChI=1S/C19H11BrN2O3S2/c20-13-5-6-14(17-12(13)2-1-7-21-17)22-18(25)16(27-19(22)26)8-10-3-4-11(23)9-15(10)24/h1-9,23-24H/b16-8-. The highest BCUT2D eigenvalue weighted by atomic mass is 79.9. The molecule has 1 fully saturated rings. The topological polar surface area (TPSA) is 73.7 Å². The summed E-state index contributed by atoms with van der Waals surface area (Å²) in [5, 5.41) is 20.3. The average molecular weight is 459 g/mol. The van der Waals surface area contributed by atoms with Crippen LogP contribution < -0.4 is 4.90 Å². The van der Waals surface area contributed by atoms with E-state index in [1.54, 1.807) is 18.3 Å². The van der Waals surface area contributed by atoms with Crippen molar-refractivity contribution in [3.63, 3.8) is 0 Å². The summed E-state index contributed by atoms with van der Waals surface area (Å²) >= 11 is 10.1. The summed E-state index contributed by atoms with van der Waals surface area (Å²) in [4.78, 5) is 19.2. The van der Waals surface area contributed by atoms with Gasteiger partial charge in [-0.3, -0.25) is 14.7 Å². The minimum Gasteiger partial charge on any atom is -0.508 e. The number of thioether (sulfide) groups is 1. The van der Waals surface area contributed by atoms with Crippen LogP contribution in [0, 0.1) is 0 Å². The van der Waals surface area contributed by atoms with E-state index in [2.05, 4.69) is 20.9 Å². The summed E-state index contributed by atoms with van der Waals surface area (Å²) in [7, 11) is 0. The molecule has 134 valence electrons. The number of anilines is 1. The normalized spacial score (nSPS) is 15.9. The Hall–Kier alpha value is -2.42. The second-order valence-electron chi connectivity index (χ2n) is 5.73. The molecule has 2 heterocycles. The van der Waals surface area contributed by atoms with Gasteiger partial charge in [-0.1, -0.05) is 46.0 Å². The van der Waals surface area contributed by atoms with E-state index < -0.39 is 0 Å². The second-order valence-corrected chi connectivity index (χ2v) is 8.26. The van der Waals surface area contributed by atoms with Crippen molar-refractivity contribution in [1.29, 1.82) is 0 Å². The van der Waals surface area contributed by atoms with E-state index in [0.717, 1.165) is 21.6 Å². The largest absolute Gasteiger partial charge is 0.508 e. The number of phenolic OH excluding ortho intramolecular Hbond substituents is 2. The molecule has 1 aromatic heterocycles. The molecular formula is C19H11BrN2O3S2. The maximum atomic E-state index is 13.0. The molecule has 1 aliphatic rings. The van der Waals surface area contributed by atoms with Gasteiger partial charge in [0.15, 0.2) is 4.32 Å². The van der Waals surface area contributed by atoms with Gasteiger partial charge >= 0.3 is 0 Å². The monoisotopic (exact) mass is 458 g/mol. The molecule has 0 bridgehead atoms. The highest BCUT2D eigenvalue weighted by Crippen LogP contribution is 2.40. The number of rotatable bonds is 2. The number of thiocarbonyl (C=S) groups is 1. The van der Waals surface area contributed by atoms with Crippen LogP contribution in [0.2, 0.25) is 0 Å². The molecule has 4 rings (SSSR count). The predicted molar refractivity (Wildman–Crippen MR) is 115 cm³/mol. The van der Waals surface area contributed by atoms with Gasteiger partial charge in [0.2, 0.25) is 0 Å². The van der Waals surface area contributed by atoms with Crippen LogP contribution >= 0.6 is 39.9 Å². The fourth-order valence-electron chi connectivity index (χ4n) is 2.77. The molecule has 2 aromatic carbocycles. The predicted octanol–water partition coefficient (Wildman–Crippen LogP) is 4.81. The molecule has 2 N–H and O–H groups in total. The Morgan fingerprint density at radius 2 is 2.00 bits per heavy atom. The van der Waals surface area contributed by atoms with Gasteiger partial charge in [0.1, 0.15) is 11.5 Å². The zero-order valence-corrected chi connectivity index (χ0v) is 16.8. The number of hydrogen-bond acceptors (Lipinski definition) is 6. The van der Waals surface area contributed by atoms with Gasteiger partial charge in [0.05, 0.1) is 16.1 Å². The summed E-state index contributed by atoms with van der Waals surface area (Å²) in [6, 6.07) is 11.6. The Labute approximate surface area is 172 Å². The number of pyridine rings is 1. The molecule has 0 aliphatic carbocycles. The van der Waals surface area contributed by atoms with Crippen molar-refractivity contribution < 1.29 is 15.0 Å². The summed E-state index contributed by atoms with van der Waals surface area (Å²) in [6.45, 7) is 0. The van der Waals surface area contributed by atoms with Crippen LogP contribution in [0.3, 0.4) is 0 Å². The number of nitrogens with zero attached hydrogens (tertiary/aromatic N) is 2. The molecule has 3 aromatic rings. The first-order valence-corrected chi connectivity index (χ1v) is 9.80. The van der Waals surface area contributed by atoms with E-state index in [0.29, 0.717) is 26.0 Å². The number of phenols is 2. The van der Waals surface area contributed by atoms with Crippen LogP contribution in [-0.4, -0.2) is 25.4 Å². The SMILES string of the molecule is O=C1/C(=C/c2ccc(O)cc2O)SC(=S)N1c1ccc(Br)c2cccnc12. The summed E-state index contributed by atoms with van der Waals surface area (Å²) in [5.41, 5.74) is 1.69. The zero-order chi connectivity index (χ0) is 19.1. The number of aromatic nitrogens is 1. The summed E-state index contributed by atoms with van der Waals surface area (Å²) in [6.07, 6.45) is 3.22. The van der Waals surface area contributed by atoms with Gasteiger partial charge in [-0.05, 0) is 36.4 Å². The fraction of sp³-hybridized carbons (Fsp3) is 0. The molecular weight excluding hydrogens is 448 g/mol. The molecule has 8 heteroatoms. The van der Waals surface area contributed by atoms with E-state index in [9.17, 15) is 15.0 Å². The number of amides is 1. The van der Waals surface area contributed by atoms with Crippen LogP contribution in [0.4, 0.5) is 5.69 Å². The lowest BCUT2D eigenvalue weighted by Crippen LogP contribution is -2.27. The molecule has 5 nitrogen and oxygen atoms in total. The van der Waals surface area contributed by atoms with E-state index in [1.165, 1.54) is 23.1 Å². The van der Waals surface area contributed by atoms with Crippen molar-refractivity contribution in [2.45, 2.75) is 0 Å². The van der Waals surface area contributed by atoms with Gasteiger partial charge in [0.25, 0.3) is 5.91 Å². The van der Waals surface area contributed by atoms with Crippen LogP contribution in [-0.2, 0) is 4.79 Å². The first-order valence-electron chi connectivity index (χ1n) is 7.79. The van der Waals surface area contributed by atoms with Gasteiger partial charge in [0, 0.05) is 27.7 Å². The first kappa shape index (κ1) is 18.0. The highest BCUT2D eigenvalue weighted by Gasteiger charge is 2.34. The quantitative estimate of drug-likeness (QED) is 0.423. The molecule has 1 saturated heterocycles. The van der Waals surface area contributed by atoms with E-state index >= 15 is 0 Å². The minimum atomic E-state index is -0.285. The summed E-state index contributed by atoms with van der Waals surface area (Å²) in [5.74, 6) is -0.451. The molecule has 0 unspecified atom stereocenters. The molecule has 1 amide bonds. The highest BCUT2D eigenvalue weighted by molar-refractivity contribution is 9.10. The molecule has 0 saturated carbocycles. The third-order valence-corrected chi connectivity index (χ3v) is 6.02. The van der Waals surface area contributed by atoms with Crippen molar-refractivity contribution in [1.82, 2.24) is 4.98 Å². The third-order valence-electron chi connectivity index (χ3n) is 4.03. The fourth-order valence-corrected chi connectivity index (χ4v) is 4.50. The smallest absolute Gasteiger partial charge is 0.270 e. The zero-order valence-electron chi connectivity index (χ0n) is 13.6. The lowest BCUT2D eigenvalue weighted by molar-refractivity contribution is -0.113. The minimum absolute atomic E-state index is 0.0513. The Kier molecular flexibility index (Phi) is 4.63. The van der Waals surface area contributed by atoms with Crippen molar-refractivity contribution in [3.8, 4) is 11.5 Å². The van der Waals surface area contributed by atoms with Crippen LogP contribution in [0.5, 0.6) is 11.5 Å². The second kappa shape index (κ2) is 6.95. The number of aromatic hydroxyl groups is 2. The lowest BCUT2D eigenvalue weighted by atomic mass is 10.1. The summed E-state index contributed by atoms with van der Waals surface area (Å²) < 4.78 is 1.27. The van der Waals surface area contributed by atoms with Crippen LogP contribution in [0.15, 0.2) is 58.0 Å². The molecule has 0 radical (unpaired) electrons. The molecule has 1 aliphatic heterocycles. The van der Waals surface area contributed by atoms with Crippen molar-refractivity contribution in [2.24, 2.45) is 0 Å². The Morgan fingerprint density at radius 1 is 1.19 bits per heavy atom. The molecule has 0 spiro atoms. The van der Waals surface area contributed by atoms with Crippen LogP contribution in [0.25, 0.3) is 17.0 Å². The lowest BCUT2D eigenvalue weighted by Gasteiger charge is -2.17. The first-order chi connectivity index (χ1) is 13.0. The van der Waals surface area contributed by atoms with E-state index in [-0.39, 0.29) is 17.4 Å². The maximum absolute atomic E-state index is 13.0. The van der Waals surface area contributed by atoms with Gasteiger partial charge in [-0.25, -0.2) is 0 Å². The number of fused-ring (bicyclic) bond motifs is 1.